The van der Waals surface area contributed by atoms with E-state index in [-0.39, 0.29) is 11.8 Å². The summed E-state index contributed by atoms with van der Waals surface area (Å²) in [6.07, 6.45) is 0. The molecular weight excluding hydrogens is 220 g/mol. The molecule has 5 heteroatoms. The van der Waals surface area contributed by atoms with Gasteiger partial charge in [-0.25, -0.2) is 0 Å². The van der Waals surface area contributed by atoms with Crippen LogP contribution in [0.2, 0.25) is 0 Å². The van der Waals surface area contributed by atoms with Crippen molar-refractivity contribution in [2.75, 3.05) is 20.8 Å². The molecule has 0 aliphatic rings. The first-order chi connectivity index (χ1) is 8.10. The summed E-state index contributed by atoms with van der Waals surface area (Å²) in [6.45, 7) is 2.14. The van der Waals surface area contributed by atoms with E-state index in [1.807, 2.05) is 13.0 Å². The Labute approximate surface area is 101 Å². The summed E-state index contributed by atoms with van der Waals surface area (Å²) in [5.41, 5.74) is 5.38. The standard InChI is InChI=1S/C12H18N2O3/c1-8(12(13)14)7-17-11-9(15-2)5-4-6-10(11)16-3/h4-6,8H,7H2,1-3H3,(H3,13,14). The number of benzene rings is 1. The van der Waals surface area contributed by atoms with Crippen LogP contribution in [0.25, 0.3) is 0 Å². The Bertz CT molecular complexity index is 371. The normalized spacial score (nSPS) is 11.7. The van der Waals surface area contributed by atoms with E-state index in [0.717, 1.165) is 0 Å². The lowest BCUT2D eigenvalue weighted by Crippen LogP contribution is -2.25. The van der Waals surface area contributed by atoms with Crippen molar-refractivity contribution < 1.29 is 14.2 Å². The number of nitrogens with one attached hydrogen (secondary N) is 1. The minimum absolute atomic E-state index is 0.0962. The summed E-state index contributed by atoms with van der Waals surface area (Å²) >= 11 is 0. The van der Waals surface area contributed by atoms with Crippen molar-refractivity contribution in [2.45, 2.75) is 6.92 Å². The van der Waals surface area contributed by atoms with Crippen LogP contribution in [0.4, 0.5) is 0 Å². The molecule has 0 saturated heterocycles. The first kappa shape index (κ1) is 13.2. The molecule has 5 nitrogen and oxygen atoms in total. The molecule has 0 heterocycles. The van der Waals surface area contributed by atoms with Crippen LogP contribution < -0.4 is 19.9 Å². The molecule has 1 aromatic carbocycles. The molecule has 0 bridgehead atoms. The Morgan fingerprint density at radius 3 is 2.24 bits per heavy atom. The number of rotatable bonds is 6. The van der Waals surface area contributed by atoms with Gasteiger partial charge in [0.1, 0.15) is 0 Å². The largest absolute Gasteiger partial charge is 0.493 e. The maximum Gasteiger partial charge on any atom is 0.203 e. The maximum absolute atomic E-state index is 7.30. The second kappa shape index (κ2) is 5.98. The van der Waals surface area contributed by atoms with Gasteiger partial charge in [-0.05, 0) is 12.1 Å². The highest BCUT2D eigenvalue weighted by Crippen LogP contribution is 2.36. The number of hydrogen-bond donors (Lipinski definition) is 2. The first-order valence-electron chi connectivity index (χ1n) is 5.27. The predicted molar refractivity (Wildman–Crippen MR) is 66.1 cm³/mol. The zero-order chi connectivity index (χ0) is 12.8. The smallest absolute Gasteiger partial charge is 0.203 e. The molecule has 1 unspecified atom stereocenters. The Kier molecular flexibility index (Phi) is 4.63. The van der Waals surface area contributed by atoms with Gasteiger partial charge in [0.25, 0.3) is 0 Å². The number of para-hydroxylation sites is 1. The lowest BCUT2D eigenvalue weighted by molar-refractivity contribution is 0.258. The zero-order valence-corrected chi connectivity index (χ0v) is 10.3. The van der Waals surface area contributed by atoms with Gasteiger partial charge in [0.2, 0.25) is 5.75 Å². The fourth-order valence-electron chi connectivity index (χ4n) is 1.26. The lowest BCUT2D eigenvalue weighted by Gasteiger charge is -2.16. The summed E-state index contributed by atoms with van der Waals surface area (Å²) in [5.74, 6) is 1.68. The van der Waals surface area contributed by atoms with Crippen LogP contribution in [0.1, 0.15) is 6.92 Å². The van der Waals surface area contributed by atoms with Crippen LogP contribution in [0.5, 0.6) is 17.2 Å². The van der Waals surface area contributed by atoms with Crippen molar-refractivity contribution >= 4 is 5.84 Å². The number of ether oxygens (including phenoxy) is 3. The van der Waals surface area contributed by atoms with Crippen molar-refractivity contribution in [1.82, 2.24) is 0 Å². The highest BCUT2D eigenvalue weighted by molar-refractivity contribution is 5.79. The number of methoxy groups -OCH3 is 2. The Morgan fingerprint density at radius 1 is 1.29 bits per heavy atom. The van der Waals surface area contributed by atoms with Crippen molar-refractivity contribution in [1.29, 1.82) is 5.41 Å². The third kappa shape index (κ3) is 3.27. The topological polar surface area (TPSA) is 77.6 Å². The summed E-state index contributed by atoms with van der Waals surface area (Å²) in [6, 6.07) is 5.39. The van der Waals surface area contributed by atoms with Crippen molar-refractivity contribution in [3.8, 4) is 17.2 Å². The number of amidine groups is 1. The molecule has 0 spiro atoms. The fourth-order valence-corrected chi connectivity index (χ4v) is 1.26. The lowest BCUT2D eigenvalue weighted by atomic mass is 10.2. The molecule has 3 N–H and O–H groups in total. The maximum atomic E-state index is 7.30. The van der Waals surface area contributed by atoms with Crippen molar-refractivity contribution in [3.05, 3.63) is 18.2 Å². The summed E-state index contributed by atoms with van der Waals surface area (Å²) in [7, 11) is 3.13. The van der Waals surface area contributed by atoms with Gasteiger partial charge in [0.05, 0.1) is 26.7 Å². The van der Waals surface area contributed by atoms with Gasteiger partial charge in [-0.15, -0.1) is 0 Å². The van der Waals surface area contributed by atoms with Crippen molar-refractivity contribution in [3.63, 3.8) is 0 Å². The fraction of sp³-hybridized carbons (Fsp3) is 0.417. The number of hydrogen-bond acceptors (Lipinski definition) is 4. The van der Waals surface area contributed by atoms with E-state index in [1.54, 1.807) is 26.4 Å². The average Bonchev–Trinajstić information content (AvgIpc) is 2.34. The van der Waals surface area contributed by atoms with Crippen LogP contribution >= 0.6 is 0 Å². The predicted octanol–water partition coefficient (Wildman–Crippen LogP) is 1.65. The van der Waals surface area contributed by atoms with Crippen LogP contribution in [-0.4, -0.2) is 26.7 Å². The molecule has 1 rings (SSSR count). The third-order valence-electron chi connectivity index (χ3n) is 2.39. The van der Waals surface area contributed by atoms with E-state index in [4.69, 9.17) is 25.4 Å². The summed E-state index contributed by atoms with van der Waals surface area (Å²) < 4.78 is 16.0. The van der Waals surface area contributed by atoms with Crippen LogP contribution in [0, 0.1) is 11.3 Å². The van der Waals surface area contributed by atoms with E-state index in [9.17, 15) is 0 Å². The van der Waals surface area contributed by atoms with Gasteiger partial charge >= 0.3 is 0 Å². The van der Waals surface area contributed by atoms with Crippen LogP contribution in [0.3, 0.4) is 0 Å². The molecular formula is C12H18N2O3. The van der Waals surface area contributed by atoms with Gasteiger partial charge in [-0.2, -0.15) is 0 Å². The zero-order valence-electron chi connectivity index (χ0n) is 10.3. The first-order valence-corrected chi connectivity index (χ1v) is 5.27. The van der Waals surface area contributed by atoms with E-state index in [1.165, 1.54) is 0 Å². The molecule has 1 aromatic rings. The van der Waals surface area contributed by atoms with Crippen molar-refractivity contribution in [2.24, 2.45) is 11.7 Å². The van der Waals surface area contributed by atoms with E-state index < -0.39 is 0 Å². The van der Waals surface area contributed by atoms with Crippen LogP contribution in [0.15, 0.2) is 18.2 Å². The highest BCUT2D eigenvalue weighted by Gasteiger charge is 2.13. The molecule has 0 amide bonds. The molecule has 94 valence electrons. The van der Waals surface area contributed by atoms with E-state index in [0.29, 0.717) is 23.9 Å². The van der Waals surface area contributed by atoms with Gasteiger partial charge in [0.15, 0.2) is 11.5 Å². The second-order valence-corrected chi connectivity index (χ2v) is 3.66. The summed E-state index contributed by atoms with van der Waals surface area (Å²) in [4.78, 5) is 0. The quantitative estimate of drug-likeness (QED) is 0.583. The molecule has 0 fully saturated rings. The van der Waals surface area contributed by atoms with Gasteiger partial charge in [-0.3, -0.25) is 5.41 Å². The third-order valence-corrected chi connectivity index (χ3v) is 2.39. The highest BCUT2D eigenvalue weighted by atomic mass is 16.5. The van der Waals surface area contributed by atoms with Crippen LogP contribution in [-0.2, 0) is 0 Å². The Hall–Kier alpha value is -1.91. The molecule has 0 aliphatic heterocycles. The Balaban J connectivity index is 2.84. The Morgan fingerprint density at radius 2 is 1.82 bits per heavy atom. The monoisotopic (exact) mass is 238 g/mol. The molecule has 0 saturated carbocycles. The van der Waals surface area contributed by atoms with E-state index >= 15 is 0 Å². The minimum Gasteiger partial charge on any atom is -0.493 e. The SMILES string of the molecule is COc1cccc(OC)c1OCC(C)C(=N)N. The summed E-state index contributed by atoms with van der Waals surface area (Å²) in [5, 5.41) is 7.30. The number of nitrogens with two attached hydrogens (primary N) is 1. The molecule has 0 radical (unpaired) electrons. The molecule has 0 aliphatic carbocycles. The van der Waals surface area contributed by atoms with E-state index in [2.05, 4.69) is 0 Å². The second-order valence-electron chi connectivity index (χ2n) is 3.66. The van der Waals surface area contributed by atoms with Gasteiger partial charge < -0.3 is 19.9 Å². The van der Waals surface area contributed by atoms with Gasteiger partial charge in [0, 0.05) is 5.92 Å². The molecule has 1 atom stereocenters. The molecule has 17 heavy (non-hydrogen) atoms. The minimum atomic E-state index is -0.149. The van der Waals surface area contributed by atoms with Gasteiger partial charge in [-0.1, -0.05) is 13.0 Å². The molecule has 0 aromatic heterocycles. The average molecular weight is 238 g/mol.